The molecule has 0 saturated heterocycles. The van der Waals surface area contributed by atoms with Crippen LogP contribution in [0.1, 0.15) is 106 Å². The SMILES string of the molecule is Cc1[c-]c2c(cc1)-c1ccc(C)cc1C2.[C-]1=CC=CC1.[Cl-].[Cl-].[Zr+2]=[Si](C1CCCCCC1)C1CCCCCC1. The predicted octanol–water partition coefficient (Wildman–Crippen LogP) is 3.96. The monoisotopic (exact) mass is 640 g/mol. The molecule has 204 valence electrons. The molecule has 0 nitrogen and oxygen atoms in total. The van der Waals surface area contributed by atoms with Gasteiger partial charge >= 0.3 is 117 Å². The van der Waals surface area contributed by atoms with Gasteiger partial charge < -0.3 is 24.8 Å². The summed E-state index contributed by atoms with van der Waals surface area (Å²) in [5.74, 6) is 0. The summed E-state index contributed by atoms with van der Waals surface area (Å²) in [6.45, 7) is 4.26. The van der Waals surface area contributed by atoms with Gasteiger partial charge in [-0.2, -0.15) is 29.8 Å². The maximum atomic E-state index is 3.45. The van der Waals surface area contributed by atoms with Gasteiger partial charge in [0.1, 0.15) is 0 Å². The molecule has 0 N–H and O–H groups in total. The Morgan fingerprint density at radius 1 is 0.763 bits per heavy atom. The van der Waals surface area contributed by atoms with E-state index in [1.165, 1.54) is 70.1 Å². The van der Waals surface area contributed by atoms with Gasteiger partial charge in [0, 0.05) is 0 Å². The van der Waals surface area contributed by atoms with E-state index in [2.05, 4.69) is 62.4 Å². The zero-order valence-corrected chi connectivity index (χ0v) is 28.4. The molecule has 4 aliphatic carbocycles. The van der Waals surface area contributed by atoms with Gasteiger partial charge in [0.25, 0.3) is 0 Å². The molecule has 2 saturated carbocycles. The van der Waals surface area contributed by atoms with Gasteiger partial charge in [-0.1, -0.05) is 36.2 Å². The minimum atomic E-state index is 0. The molecule has 0 aromatic heterocycles. The summed E-state index contributed by atoms with van der Waals surface area (Å²) in [4.78, 5) is 0. The normalized spacial score (nSPS) is 18.2. The third-order valence-electron chi connectivity index (χ3n) is 8.27. The fourth-order valence-corrected chi connectivity index (χ4v) is 13.2. The average molecular weight is 643 g/mol. The van der Waals surface area contributed by atoms with Gasteiger partial charge in [-0.15, -0.1) is 17.5 Å². The molecule has 2 fully saturated rings. The molecule has 0 spiro atoms. The standard InChI is InChI=1S/C15H13.C14H26Si.C5H5.2ClH.Zr/c1-10-3-5-14-12(7-10)9-13-8-11(2)4-6-15(13)14;1-2-6-10-13(9-5-1)15-14-11-7-3-4-8-12-14;1-2-4-5-3-1;;;/h3-7H,9H2,1-2H3;13-14H,1-12H2;1-3H,4H2;2*1H;/q-1;;-1;;;+2/p-2. The number of aryl methyl sites for hydroxylation is 2. The van der Waals surface area contributed by atoms with Crippen LogP contribution >= 0.6 is 0 Å². The molecule has 0 atom stereocenters. The molecule has 0 unspecified atom stereocenters. The summed E-state index contributed by atoms with van der Waals surface area (Å²) in [6.07, 6.45) is 29.8. The second-order valence-corrected chi connectivity index (χ2v) is 18.0. The van der Waals surface area contributed by atoms with E-state index < -0.39 is 0 Å². The Labute approximate surface area is 260 Å². The van der Waals surface area contributed by atoms with Crippen LogP contribution in [0.15, 0.2) is 48.6 Å². The number of halogens is 2. The molecule has 0 amide bonds. The van der Waals surface area contributed by atoms with Crippen LogP contribution in [0.3, 0.4) is 0 Å². The third kappa shape index (κ3) is 10.2. The fraction of sp³-hybridized carbons (Fsp3) is 0.529. The molecule has 38 heavy (non-hydrogen) atoms. The summed E-state index contributed by atoms with van der Waals surface area (Å²) in [5, 5.41) is 0. The van der Waals surface area contributed by atoms with Crippen molar-refractivity contribution >= 4 is 5.43 Å². The maximum absolute atomic E-state index is 3.45. The van der Waals surface area contributed by atoms with Gasteiger partial charge in [-0.05, 0) is 18.9 Å². The first-order valence-corrected chi connectivity index (χ1v) is 19.9. The van der Waals surface area contributed by atoms with Crippen LogP contribution in [0.25, 0.3) is 11.1 Å². The first kappa shape index (κ1) is 33.8. The van der Waals surface area contributed by atoms with Crippen LogP contribution in [0.4, 0.5) is 0 Å². The number of fused-ring (bicyclic) bond motifs is 3. The van der Waals surface area contributed by atoms with Crippen molar-refractivity contribution in [3.63, 3.8) is 0 Å². The van der Waals surface area contributed by atoms with Crippen molar-refractivity contribution in [3.8, 4) is 11.1 Å². The Morgan fingerprint density at radius 3 is 1.84 bits per heavy atom. The summed E-state index contributed by atoms with van der Waals surface area (Å²) in [6, 6.07) is 14.5. The van der Waals surface area contributed by atoms with E-state index in [1.54, 1.807) is 51.4 Å². The second-order valence-electron chi connectivity index (χ2n) is 11.2. The number of benzene rings is 2. The molecule has 0 radical (unpaired) electrons. The van der Waals surface area contributed by atoms with Crippen LogP contribution in [0.2, 0.25) is 11.1 Å². The van der Waals surface area contributed by atoms with E-state index in [1.807, 2.05) is 35.5 Å². The topological polar surface area (TPSA) is 0 Å². The van der Waals surface area contributed by atoms with Crippen molar-refractivity contribution in [2.45, 2.75) is 115 Å². The summed E-state index contributed by atoms with van der Waals surface area (Å²) in [7, 11) is 0. The number of allylic oxidation sites excluding steroid dienone is 4. The number of hydrogen-bond acceptors (Lipinski definition) is 0. The van der Waals surface area contributed by atoms with Crippen molar-refractivity contribution in [2.75, 3.05) is 0 Å². The van der Waals surface area contributed by atoms with Crippen molar-refractivity contribution < 1.29 is 48.1 Å². The zero-order valence-electron chi connectivity index (χ0n) is 23.4. The van der Waals surface area contributed by atoms with Crippen molar-refractivity contribution in [1.29, 1.82) is 0 Å². The second kappa shape index (κ2) is 18.1. The molecule has 0 aliphatic heterocycles. The van der Waals surface area contributed by atoms with E-state index in [0.717, 1.165) is 12.8 Å². The molecular formula is C34H44Cl2SiZr-2. The molecule has 4 heteroatoms. The molecule has 0 heterocycles. The van der Waals surface area contributed by atoms with Gasteiger partial charge in [0.2, 0.25) is 0 Å². The predicted molar refractivity (Wildman–Crippen MR) is 153 cm³/mol. The van der Waals surface area contributed by atoms with Crippen LogP contribution < -0.4 is 24.8 Å². The molecular weight excluding hydrogens is 599 g/mol. The molecule has 4 aliphatic rings. The van der Waals surface area contributed by atoms with E-state index >= 15 is 0 Å². The Hall–Kier alpha value is -0.400. The van der Waals surface area contributed by atoms with Crippen LogP contribution in [0, 0.1) is 26.0 Å². The number of hydrogen-bond donors (Lipinski definition) is 0. The number of rotatable bonds is 2. The minimum absolute atomic E-state index is 0. The Morgan fingerprint density at radius 2 is 1.34 bits per heavy atom. The Balaban J connectivity index is 0.000000216. The summed E-state index contributed by atoms with van der Waals surface area (Å²) in [5.41, 5.74) is 10.6. The zero-order chi connectivity index (χ0) is 25.2. The third-order valence-corrected chi connectivity index (χ3v) is 17.2. The van der Waals surface area contributed by atoms with E-state index in [4.69, 9.17) is 0 Å². The van der Waals surface area contributed by atoms with Gasteiger partial charge in [0.05, 0.1) is 0 Å². The summed E-state index contributed by atoms with van der Waals surface area (Å²) >= 11 is 1.96. The van der Waals surface area contributed by atoms with E-state index in [0.29, 0.717) is 0 Å². The van der Waals surface area contributed by atoms with Gasteiger partial charge in [-0.25, -0.2) is 12.2 Å². The first-order valence-electron chi connectivity index (χ1n) is 14.5. The van der Waals surface area contributed by atoms with Gasteiger partial charge in [-0.3, -0.25) is 6.08 Å². The van der Waals surface area contributed by atoms with Crippen LogP contribution in [0.5, 0.6) is 0 Å². The van der Waals surface area contributed by atoms with Crippen molar-refractivity contribution in [1.82, 2.24) is 0 Å². The molecule has 2 aromatic carbocycles. The van der Waals surface area contributed by atoms with Crippen molar-refractivity contribution in [3.05, 3.63) is 83.0 Å². The first-order chi connectivity index (χ1) is 17.6. The van der Waals surface area contributed by atoms with E-state index in [-0.39, 0.29) is 30.2 Å². The van der Waals surface area contributed by atoms with Gasteiger partial charge in [0.15, 0.2) is 0 Å². The Kier molecular flexibility index (Phi) is 16.1. The van der Waals surface area contributed by atoms with E-state index in [9.17, 15) is 0 Å². The van der Waals surface area contributed by atoms with Crippen molar-refractivity contribution in [2.24, 2.45) is 0 Å². The average Bonchev–Trinajstić information content (AvgIpc) is 3.38. The summed E-state index contributed by atoms with van der Waals surface area (Å²) < 4.78 is 0. The Bertz CT molecular complexity index is 977. The molecule has 0 bridgehead atoms. The van der Waals surface area contributed by atoms with Crippen LogP contribution in [-0.4, -0.2) is 5.43 Å². The quantitative estimate of drug-likeness (QED) is 0.226. The fourth-order valence-electron chi connectivity index (χ4n) is 6.22. The van der Waals surface area contributed by atoms with Crippen LogP contribution in [-0.2, 0) is 29.8 Å². The molecule has 6 rings (SSSR count). The molecule has 2 aromatic rings.